The molecule has 3 N–H and O–H groups in total. The highest BCUT2D eigenvalue weighted by atomic mass is 35.5. The van der Waals surface area contributed by atoms with Crippen molar-refractivity contribution in [3.63, 3.8) is 0 Å². The molecule has 1 unspecified atom stereocenters. The number of hydrogen-bond acceptors (Lipinski definition) is 6. The third-order valence-electron chi connectivity index (χ3n) is 4.77. The Hall–Kier alpha value is -2.16. The lowest BCUT2D eigenvalue weighted by molar-refractivity contribution is 0.0368. The van der Waals surface area contributed by atoms with Gasteiger partial charge in [0.05, 0.1) is 31.1 Å². The van der Waals surface area contributed by atoms with Gasteiger partial charge in [-0.3, -0.25) is 9.59 Å². The van der Waals surface area contributed by atoms with Crippen molar-refractivity contribution in [1.29, 1.82) is 0 Å². The van der Waals surface area contributed by atoms with Crippen molar-refractivity contribution in [2.24, 2.45) is 5.73 Å². The first-order valence-electron chi connectivity index (χ1n) is 8.81. The van der Waals surface area contributed by atoms with Crippen LogP contribution >= 0.6 is 12.4 Å². The second-order valence-corrected chi connectivity index (χ2v) is 6.63. The topological polar surface area (TPSA) is 106 Å². The zero-order valence-corrected chi connectivity index (χ0v) is 16.4. The van der Waals surface area contributed by atoms with Crippen molar-refractivity contribution < 1.29 is 4.74 Å². The number of rotatable bonds is 5. The standard InChI is InChI=1S/C18H25N5O3.ClH/c1-12-8-20-16(13(2)18(12)25)11-23-17(24)7-14(9-21-23)22-5-6-26-15(10-22)3-4-19;/h7-9,15H,3-6,10-11,19H2,1-2H3,(H,20,25);1H. The third kappa shape index (κ3) is 4.77. The van der Waals surface area contributed by atoms with Gasteiger partial charge in [-0.05, 0) is 26.8 Å². The largest absolute Gasteiger partial charge is 0.374 e. The summed E-state index contributed by atoms with van der Waals surface area (Å²) >= 11 is 0. The van der Waals surface area contributed by atoms with Crippen LogP contribution in [0.25, 0.3) is 0 Å². The minimum atomic E-state index is -0.204. The summed E-state index contributed by atoms with van der Waals surface area (Å²) in [7, 11) is 0. The molecule has 1 saturated heterocycles. The summed E-state index contributed by atoms with van der Waals surface area (Å²) in [6.07, 6.45) is 4.22. The summed E-state index contributed by atoms with van der Waals surface area (Å²) < 4.78 is 7.03. The van der Waals surface area contributed by atoms with Crippen molar-refractivity contribution in [3.05, 3.63) is 55.9 Å². The molecule has 9 heteroatoms. The monoisotopic (exact) mass is 395 g/mol. The molecule has 3 heterocycles. The highest BCUT2D eigenvalue weighted by Crippen LogP contribution is 2.16. The van der Waals surface area contributed by atoms with Crippen LogP contribution in [-0.4, -0.2) is 47.1 Å². The molecule has 0 radical (unpaired) electrons. The average molecular weight is 396 g/mol. The number of aromatic amines is 1. The van der Waals surface area contributed by atoms with E-state index in [1.807, 2.05) is 0 Å². The van der Waals surface area contributed by atoms with Crippen LogP contribution in [0.1, 0.15) is 23.2 Å². The van der Waals surface area contributed by atoms with E-state index in [9.17, 15) is 9.59 Å². The fourth-order valence-corrected chi connectivity index (χ4v) is 3.15. The quantitative estimate of drug-likeness (QED) is 0.766. The SMILES string of the molecule is Cc1c[nH]c(Cn2ncc(N3CCOC(CCN)C3)cc2=O)c(C)c1=O.Cl. The first kappa shape index (κ1) is 21.1. The minimum Gasteiger partial charge on any atom is -0.374 e. The number of pyridine rings is 1. The predicted molar refractivity (Wildman–Crippen MR) is 107 cm³/mol. The van der Waals surface area contributed by atoms with E-state index in [-0.39, 0.29) is 36.0 Å². The van der Waals surface area contributed by atoms with Crippen LogP contribution in [0.5, 0.6) is 0 Å². The number of ether oxygens (including phenoxy) is 1. The first-order chi connectivity index (χ1) is 12.5. The fraction of sp³-hybridized carbons (Fsp3) is 0.500. The van der Waals surface area contributed by atoms with Crippen LogP contribution in [0.2, 0.25) is 0 Å². The molecule has 1 atom stereocenters. The number of aryl methyl sites for hydroxylation is 1. The molecule has 0 bridgehead atoms. The Labute approximate surface area is 163 Å². The molecule has 148 valence electrons. The van der Waals surface area contributed by atoms with E-state index < -0.39 is 0 Å². The molecular formula is C18H26ClN5O3. The Kier molecular flexibility index (Phi) is 7.18. The van der Waals surface area contributed by atoms with Crippen LogP contribution in [0.4, 0.5) is 5.69 Å². The molecule has 0 aliphatic carbocycles. The summed E-state index contributed by atoms with van der Waals surface area (Å²) in [4.78, 5) is 29.7. The van der Waals surface area contributed by atoms with E-state index in [4.69, 9.17) is 10.5 Å². The molecule has 0 saturated carbocycles. The Balaban J connectivity index is 0.00000261. The normalized spacial score (nSPS) is 16.9. The number of H-pyrrole nitrogens is 1. The summed E-state index contributed by atoms with van der Waals surface area (Å²) in [6, 6.07) is 1.58. The van der Waals surface area contributed by atoms with Gasteiger partial charge >= 0.3 is 0 Å². The van der Waals surface area contributed by atoms with Crippen molar-refractivity contribution >= 4 is 18.1 Å². The molecular weight excluding hydrogens is 370 g/mol. The summed E-state index contributed by atoms with van der Waals surface area (Å²) in [6.45, 7) is 6.35. The molecule has 27 heavy (non-hydrogen) atoms. The van der Waals surface area contributed by atoms with Crippen LogP contribution in [-0.2, 0) is 11.3 Å². The number of nitrogens with two attached hydrogens (primary N) is 1. The molecule has 3 rings (SSSR count). The number of halogens is 1. The van der Waals surface area contributed by atoms with Gasteiger partial charge < -0.3 is 20.4 Å². The lowest BCUT2D eigenvalue weighted by Crippen LogP contribution is -2.44. The second-order valence-electron chi connectivity index (χ2n) is 6.63. The zero-order chi connectivity index (χ0) is 18.7. The van der Waals surface area contributed by atoms with Gasteiger partial charge in [-0.1, -0.05) is 0 Å². The highest BCUT2D eigenvalue weighted by Gasteiger charge is 2.21. The van der Waals surface area contributed by atoms with E-state index >= 15 is 0 Å². The van der Waals surface area contributed by atoms with Crippen molar-refractivity contribution in [2.45, 2.75) is 32.9 Å². The zero-order valence-electron chi connectivity index (χ0n) is 15.6. The van der Waals surface area contributed by atoms with Crippen LogP contribution in [0.15, 0.2) is 28.0 Å². The predicted octanol–water partition coefficient (Wildman–Crippen LogP) is 0.573. The number of nitrogens with zero attached hydrogens (tertiary/aromatic N) is 3. The van der Waals surface area contributed by atoms with E-state index in [0.29, 0.717) is 36.5 Å². The molecule has 8 nitrogen and oxygen atoms in total. The molecule has 0 spiro atoms. The Bertz CT molecular complexity index is 893. The summed E-state index contributed by atoms with van der Waals surface area (Å²) in [5.41, 5.74) is 8.13. The average Bonchev–Trinajstić information content (AvgIpc) is 2.64. The molecule has 2 aromatic rings. The van der Waals surface area contributed by atoms with E-state index in [1.165, 1.54) is 4.68 Å². The van der Waals surface area contributed by atoms with Gasteiger partial charge in [-0.25, -0.2) is 4.68 Å². The molecule has 0 aromatic carbocycles. The van der Waals surface area contributed by atoms with Crippen LogP contribution in [0.3, 0.4) is 0 Å². The van der Waals surface area contributed by atoms with Gasteiger partial charge in [0, 0.05) is 42.2 Å². The maximum atomic E-state index is 12.5. The van der Waals surface area contributed by atoms with Gasteiger partial charge in [0.25, 0.3) is 5.56 Å². The van der Waals surface area contributed by atoms with Crippen LogP contribution in [0, 0.1) is 13.8 Å². The van der Waals surface area contributed by atoms with E-state index in [1.54, 1.807) is 32.3 Å². The summed E-state index contributed by atoms with van der Waals surface area (Å²) in [5.74, 6) is 0. The van der Waals surface area contributed by atoms with Crippen molar-refractivity contribution in [3.8, 4) is 0 Å². The fourth-order valence-electron chi connectivity index (χ4n) is 3.15. The Morgan fingerprint density at radius 3 is 2.85 bits per heavy atom. The highest BCUT2D eigenvalue weighted by molar-refractivity contribution is 5.85. The smallest absolute Gasteiger partial charge is 0.269 e. The van der Waals surface area contributed by atoms with E-state index in [0.717, 1.165) is 18.7 Å². The maximum Gasteiger partial charge on any atom is 0.269 e. The van der Waals surface area contributed by atoms with E-state index in [2.05, 4.69) is 15.0 Å². The molecule has 2 aromatic heterocycles. The van der Waals surface area contributed by atoms with Gasteiger partial charge in [0.1, 0.15) is 0 Å². The molecule has 1 aliphatic rings. The Morgan fingerprint density at radius 1 is 1.37 bits per heavy atom. The molecule has 0 amide bonds. The third-order valence-corrected chi connectivity index (χ3v) is 4.77. The van der Waals surface area contributed by atoms with Crippen molar-refractivity contribution in [2.75, 3.05) is 31.1 Å². The van der Waals surface area contributed by atoms with Gasteiger partial charge in [-0.15, -0.1) is 12.4 Å². The number of nitrogens with one attached hydrogen (secondary N) is 1. The first-order valence-corrected chi connectivity index (χ1v) is 8.81. The lowest BCUT2D eigenvalue weighted by Gasteiger charge is -2.34. The maximum absolute atomic E-state index is 12.5. The number of morpholine rings is 1. The van der Waals surface area contributed by atoms with Gasteiger partial charge in [0.15, 0.2) is 5.43 Å². The Morgan fingerprint density at radius 2 is 2.15 bits per heavy atom. The van der Waals surface area contributed by atoms with Crippen LogP contribution < -0.4 is 21.6 Å². The lowest BCUT2D eigenvalue weighted by atomic mass is 10.1. The molecule has 1 fully saturated rings. The van der Waals surface area contributed by atoms with Gasteiger partial charge in [-0.2, -0.15) is 5.10 Å². The minimum absolute atomic E-state index is 0. The van der Waals surface area contributed by atoms with Gasteiger partial charge in [0.2, 0.25) is 0 Å². The summed E-state index contributed by atoms with van der Waals surface area (Å²) in [5, 5.41) is 4.29. The number of aromatic nitrogens is 3. The number of anilines is 1. The molecule has 1 aliphatic heterocycles. The van der Waals surface area contributed by atoms with Crippen molar-refractivity contribution in [1.82, 2.24) is 14.8 Å². The number of hydrogen-bond donors (Lipinski definition) is 2. The second kappa shape index (κ2) is 9.16.